The molecule has 5 heteroatoms. The molecule has 0 aliphatic carbocycles. The van der Waals surface area contributed by atoms with Gasteiger partial charge in [-0.05, 0) is 0 Å². The van der Waals surface area contributed by atoms with Crippen molar-refractivity contribution < 1.29 is 42.3 Å². The minimum absolute atomic E-state index is 0. The third-order valence-corrected chi connectivity index (χ3v) is 2.51. The zero-order chi connectivity index (χ0) is 12.1. The predicted molar refractivity (Wildman–Crippen MR) is 67.5 cm³/mol. The van der Waals surface area contributed by atoms with Gasteiger partial charge in [-0.15, -0.1) is 0 Å². The van der Waals surface area contributed by atoms with Crippen molar-refractivity contribution in [1.82, 2.24) is 0 Å². The zero-order valence-electron chi connectivity index (χ0n) is 10.6. The van der Waals surface area contributed by atoms with Crippen molar-refractivity contribution >= 4 is 11.6 Å². The van der Waals surface area contributed by atoms with Crippen molar-refractivity contribution in [1.29, 1.82) is 0 Å². The van der Waals surface area contributed by atoms with E-state index in [0.29, 0.717) is 11.1 Å². The Kier molecular flexibility index (Phi) is 10.6. The largest absolute Gasteiger partial charge is 4.00 e. The van der Waals surface area contributed by atoms with E-state index in [1.54, 1.807) is 48.5 Å². The number of ketones is 2. The first kappa shape index (κ1) is 20.7. The number of benzene rings is 2. The molecule has 0 atom stereocenters. The summed E-state index contributed by atoms with van der Waals surface area (Å²) in [5.74, 6) is -0.279. The van der Waals surface area contributed by atoms with Crippen LogP contribution in [-0.4, -0.2) is 11.6 Å². The van der Waals surface area contributed by atoms with Gasteiger partial charge >= 0.3 is 21.7 Å². The summed E-state index contributed by atoms with van der Waals surface area (Å²) < 4.78 is 0. The third kappa shape index (κ3) is 5.59. The average Bonchev–Trinajstić information content (AvgIpc) is 2.40. The van der Waals surface area contributed by atoms with Crippen LogP contribution >= 0.6 is 0 Å². The molecule has 100 valence electrons. The van der Waals surface area contributed by atoms with Gasteiger partial charge in [0.15, 0.2) is 11.6 Å². The molecule has 0 aliphatic rings. The number of carbonyl (C=O) groups is 2. The Morgan fingerprint density at radius 2 is 0.950 bits per heavy atom. The van der Waals surface area contributed by atoms with E-state index in [1.165, 1.54) is 0 Å². The molecule has 0 fully saturated rings. The third-order valence-electron chi connectivity index (χ3n) is 2.51. The van der Waals surface area contributed by atoms with Crippen LogP contribution in [0.4, 0.5) is 0 Å². The Balaban J connectivity index is 0. The maximum absolute atomic E-state index is 11.8. The molecular formula is C15H12O4Ti. The summed E-state index contributed by atoms with van der Waals surface area (Å²) in [5, 5.41) is 0. The first-order valence-corrected chi connectivity index (χ1v) is 5.44. The van der Waals surface area contributed by atoms with Gasteiger partial charge in [-0.2, -0.15) is 0 Å². The summed E-state index contributed by atoms with van der Waals surface area (Å²) >= 11 is 0. The van der Waals surface area contributed by atoms with Gasteiger partial charge in [-0.1, -0.05) is 60.7 Å². The summed E-state index contributed by atoms with van der Waals surface area (Å²) in [6.45, 7) is 0. The van der Waals surface area contributed by atoms with Crippen LogP contribution in [0.5, 0.6) is 0 Å². The Hall–Kier alpha value is -1.59. The van der Waals surface area contributed by atoms with Gasteiger partial charge in [0.25, 0.3) is 0 Å². The fourth-order valence-electron chi connectivity index (χ4n) is 1.60. The Morgan fingerprint density at radius 3 is 1.25 bits per heavy atom. The van der Waals surface area contributed by atoms with Crippen LogP contribution in [0.1, 0.15) is 27.1 Å². The van der Waals surface area contributed by atoms with Crippen molar-refractivity contribution in [2.75, 3.05) is 0 Å². The Bertz CT molecular complexity index is 477. The molecule has 0 aliphatic heterocycles. The van der Waals surface area contributed by atoms with Crippen molar-refractivity contribution in [2.45, 2.75) is 6.42 Å². The predicted octanol–water partition coefficient (Wildman–Crippen LogP) is 2.90. The molecule has 0 amide bonds. The maximum atomic E-state index is 11.8. The molecule has 2 aromatic rings. The molecule has 2 aromatic carbocycles. The average molecular weight is 304 g/mol. The fraction of sp³-hybridized carbons (Fsp3) is 0.0667. The monoisotopic (exact) mass is 304 g/mol. The van der Waals surface area contributed by atoms with Crippen molar-refractivity contribution in [3.05, 3.63) is 71.8 Å². The normalized spacial score (nSPS) is 8.40. The van der Waals surface area contributed by atoms with Crippen LogP contribution in [0.15, 0.2) is 60.7 Å². The van der Waals surface area contributed by atoms with Crippen LogP contribution in [0.3, 0.4) is 0 Å². The van der Waals surface area contributed by atoms with E-state index in [4.69, 9.17) is 0 Å². The maximum Gasteiger partial charge on any atom is 4.00 e. The van der Waals surface area contributed by atoms with Gasteiger partial charge < -0.3 is 11.0 Å². The molecule has 0 unspecified atom stereocenters. The fourth-order valence-corrected chi connectivity index (χ4v) is 1.60. The molecule has 4 nitrogen and oxygen atoms in total. The van der Waals surface area contributed by atoms with Gasteiger partial charge in [0, 0.05) is 11.1 Å². The SMILES string of the molecule is O=C(CC(=O)c1ccccc1)c1ccccc1.[O-2].[O-2].[Ti+4]. The van der Waals surface area contributed by atoms with Crippen LogP contribution in [0.25, 0.3) is 0 Å². The quantitative estimate of drug-likeness (QED) is 0.493. The zero-order valence-corrected chi connectivity index (χ0v) is 12.2. The molecule has 0 aromatic heterocycles. The summed E-state index contributed by atoms with van der Waals surface area (Å²) in [7, 11) is 0. The number of hydrogen-bond acceptors (Lipinski definition) is 2. The summed E-state index contributed by atoms with van der Waals surface area (Å²) in [4.78, 5) is 23.6. The van der Waals surface area contributed by atoms with E-state index in [9.17, 15) is 9.59 Å². The first-order valence-electron chi connectivity index (χ1n) is 5.44. The summed E-state index contributed by atoms with van der Waals surface area (Å²) in [5.41, 5.74) is 1.16. The van der Waals surface area contributed by atoms with Crippen molar-refractivity contribution in [3.8, 4) is 0 Å². The van der Waals surface area contributed by atoms with Crippen LogP contribution < -0.4 is 0 Å². The van der Waals surface area contributed by atoms with Gasteiger partial charge in [0.1, 0.15) is 0 Å². The molecule has 0 N–H and O–H groups in total. The van der Waals surface area contributed by atoms with Gasteiger partial charge in [0.2, 0.25) is 0 Å². The molecule has 2 rings (SSSR count). The standard InChI is InChI=1S/C15H12O2.2O.Ti/c16-14(12-7-3-1-4-8-12)11-15(17)13-9-5-2-6-10-13;;;/h1-10H,11H2;;;/q;2*-2;+4. The van der Waals surface area contributed by atoms with E-state index < -0.39 is 0 Å². The van der Waals surface area contributed by atoms with Crippen LogP contribution in [0, 0.1) is 0 Å². The molecule has 0 radical (unpaired) electrons. The molecule has 0 spiro atoms. The number of hydrogen-bond donors (Lipinski definition) is 0. The van der Waals surface area contributed by atoms with Gasteiger partial charge in [0.05, 0.1) is 6.42 Å². The van der Waals surface area contributed by atoms with Crippen molar-refractivity contribution in [2.24, 2.45) is 0 Å². The Labute approximate surface area is 132 Å². The number of rotatable bonds is 4. The number of Topliss-reactive ketones (excluding diaryl/α,β-unsaturated/α-hetero) is 2. The second-order valence-corrected chi connectivity index (χ2v) is 3.76. The molecule has 20 heavy (non-hydrogen) atoms. The van der Waals surface area contributed by atoms with Crippen LogP contribution in [0.2, 0.25) is 0 Å². The van der Waals surface area contributed by atoms with E-state index in [-0.39, 0.29) is 50.7 Å². The molecule has 0 heterocycles. The van der Waals surface area contributed by atoms with E-state index in [2.05, 4.69) is 0 Å². The second kappa shape index (κ2) is 10.2. The minimum atomic E-state index is -0.139. The molecular weight excluding hydrogens is 292 g/mol. The second-order valence-electron chi connectivity index (χ2n) is 3.76. The van der Waals surface area contributed by atoms with Crippen LogP contribution in [-0.2, 0) is 32.7 Å². The summed E-state index contributed by atoms with van der Waals surface area (Å²) in [6.07, 6.45) is -0.0754. The summed E-state index contributed by atoms with van der Waals surface area (Å²) in [6, 6.07) is 17.7. The smallest absolute Gasteiger partial charge is 2.00 e. The topological polar surface area (TPSA) is 91.1 Å². The minimum Gasteiger partial charge on any atom is -2.00 e. The number of carbonyl (C=O) groups excluding carboxylic acids is 2. The Morgan fingerprint density at radius 1 is 0.650 bits per heavy atom. The molecule has 0 saturated carbocycles. The first-order chi connectivity index (χ1) is 8.27. The van der Waals surface area contributed by atoms with Crippen molar-refractivity contribution in [3.63, 3.8) is 0 Å². The molecule has 0 bridgehead atoms. The van der Waals surface area contributed by atoms with E-state index in [0.717, 1.165) is 0 Å². The van der Waals surface area contributed by atoms with E-state index in [1.807, 2.05) is 12.1 Å². The van der Waals surface area contributed by atoms with Gasteiger partial charge in [-0.3, -0.25) is 9.59 Å². The van der Waals surface area contributed by atoms with Gasteiger partial charge in [-0.25, -0.2) is 0 Å². The van der Waals surface area contributed by atoms with E-state index >= 15 is 0 Å². The molecule has 0 saturated heterocycles.